The van der Waals surface area contributed by atoms with E-state index in [4.69, 9.17) is 15.6 Å². The Morgan fingerprint density at radius 3 is 2.60 bits per heavy atom. The van der Waals surface area contributed by atoms with E-state index in [1.54, 1.807) is 0 Å². The van der Waals surface area contributed by atoms with Crippen LogP contribution >= 0.6 is 0 Å². The summed E-state index contributed by atoms with van der Waals surface area (Å²) in [7, 11) is 0. The predicted octanol–water partition coefficient (Wildman–Crippen LogP) is 0.172. The Hall–Kier alpha value is -0.610. The first-order valence-corrected chi connectivity index (χ1v) is 3.17. The molecule has 0 aromatic carbocycles. The summed E-state index contributed by atoms with van der Waals surface area (Å²) in [6, 6.07) is 0. The van der Waals surface area contributed by atoms with E-state index in [1.165, 1.54) is 6.92 Å². The van der Waals surface area contributed by atoms with Crippen LogP contribution in [0.5, 0.6) is 0 Å². The smallest absolute Gasteiger partial charge is 0.350 e. The lowest BCUT2D eigenvalue weighted by Gasteiger charge is -2.18. The summed E-state index contributed by atoms with van der Waals surface area (Å²) < 4.78 is 4.82. The van der Waals surface area contributed by atoms with Crippen LogP contribution in [0, 0.1) is 0 Å². The average Bonchev–Trinajstić information content (AvgIpc) is 1.84. The largest absolute Gasteiger partial charge is 0.478 e. The van der Waals surface area contributed by atoms with Gasteiger partial charge in [0.25, 0.3) is 0 Å². The quantitative estimate of drug-likeness (QED) is 0.556. The highest BCUT2D eigenvalue weighted by Gasteiger charge is 2.27. The van der Waals surface area contributed by atoms with Crippen LogP contribution in [0.3, 0.4) is 0 Å². The molecule has 0 radical (unpaired) electrons. The summed E-state index contributed by atoms with van der Waals surface area (Å²) in [4.78, 5) is 10.3. The van der Waals surface area contributed by atoms with Gasteiger partial charge in [0.15, 0.2) is 0 Å². The molecule has 0 aliphatic carbocycles. The number of hydrogen-bond acceptors (Lipinski definition) is 3. The second-order valence-corrected chi connectivity index (χ2v) is 2.26. The molecule has 0 spiro atoms. The minimum Gasteiger partial charge on any atom is -0.478 e. The Balaban J connectivity index is 3.75. The van der Waals surface area contributed by atoms with Gasteiger partial charge in [-0.05, 0) is 13.3 Å². The van der Waals surface area contributed by atoms with Crippen molar-refractivity contribution in [1.82, 2.24) is 0 Å². The molecule has 60 valence electrons. The summed E-state index contributed by atoms with van der Waals surface area (Å²) in [6.45, 7) is 3.59. The van der Waals surface area contributed by atoms with Crippen molar-refractivity contribution in [1.29, 1.82) is 0 Å². The van der Waals surface area contributed by atoms with Gasteiger partial charge in [0.1, 0.15) is 0 Å². The number of hydrogen-bond donors (Lipinski definition) is 2. The van der Waals surface area contributed by atoms with Gasteiger partial charge >= 0.3 is 5.97 Å². The van der Waals surface area contributed by atoms with Crippen LogP contribution in [-0.2, 0) is 9.53 Å². The van der Waals surface area contributed by atoms with Gasteiger partial charge < -0.3 is 9.84 Å². The lowest BCUT2D eigenvalue weighted by atomic mass is 10.3. The Morgan fingerprint density at radius 2 is 2.30 bits per heavy atom. The highest BCUT2D eigenvalue weighted by Crippen LogP contribution is 2.01. The number of ether oxygens (including phenoxy) is 1. The van der Waals surface area contributed by atoms with Crippen LogP contribution in [0.4, 0.5) is 0 Å². The molecular formula is C6H13NO3. The molecule has 0 aromatic heterocycles. The fraction of sp³-hybridized carbons (Fsp3) is 0.833. The van der Waals surface area contributed by atoms with E-state index in [1.807, 2.05) is 6.92 Å². The first kappa shape index (κ1) is 9.39. The number of rotatable bonds is 4. The van der Waals surface area contributed by atoms with Gasteiger partial charge in [-0.25, -0.2) is 4.79 Å². The lowest BCUT2D eigenvalue weighted by Crippen LogP contribution is -2.47. The number of carbonyl (C=O) groups is 1. The number of aliphatic carboxylic acids is 1. The number of carboxylic acid groups (broad SMARTS) is 1. The molecule has 0 aromatic rings. The molecule has 4 nitrogen and oxygen atoms in total. The first-order chi connectivity index (χ1) is 4.50. The molecule has 4 heteroatoms. The summed E-state index contributed by atoms with van der Waals surface area (Å²) in [5.74, 6) is -1.14. The van der Waals surface area contributed by atoms with Crippen molar-refractivity contribution in [2.24, 2.45) is 5.73 Å². The summed E-state index contributed by atoms with van der Waals surface area (Å²) >= 11 is 0. The normalized spacial score (nSPS) is 16.3. The second kappa shape index (κ2) is 3.53. The standard InChI is InChI=1S/C6H13NO3/c1-3-4-10-6(2,7)5(8)9/h3-4,7H2,1-2H3,(H,8,9). The van der Waals surface area contributed by atoms with Crippen LogP contribution < -0.4 is 5.73 Å². The highest BCUT2D eigenvalue weighted by molar-refractivity contribution is 5.75. The monoisotopic (exact) mass is 147 g/mol. The van der Waals surface area contributed by atoms with Crippen molar-refractivity contribution in [2.75, 3.05) is 6.61 Å². The Labute approximate surface area is 60.0 Å². The Morgan fingerprint density at radius 1 is 1.80 bits per heavy atom. The van der Waals surface area contributed by atoms with Gasteiger partial charge in [0.2, 0.25) is 5.72 Å². The highest BCUT2D eigenvalue weighted by atomic mass is 16.5. The molecule has 0 saturated carbocycles. The van der Waals surface area contributed by atoms with Crippen molar-refractivity contribution in [3.8, 4) is 0 Å². The number of nitrogens with two attached hydrogens (primary N) is 1. The van der Waals surface area contributed by atoms with Crippen molar-refractivity contribution in [2.45, 2.75) is 26.0 Å². The maximum absolute atomic E-state index is 10.3. The van der Waals surface area contributed by atoms with E-state index >= 15 is 0 Å². The third kappa shape index (κ3) is 2.80. The van der Waals surface area contributed by atoms with Gasteiger partial charge in [0.05, 0.1) is 0 Å². The molecule has 0 amide bonds. The molecule has 0 rings (SSSR count). The van der Waals surface area contributed by atoms with Crippen LogP contribution in [-0.4, -0.2) is 23.4 Å². The summed E-state index contributed by atoms with van der Waals surface area (Å²) in [5.41, 5.74) is 3.69. The molecular weight excluding hydrogens is 134 g/mol. The third-order valence-corrected chi connectivity index (χ3v) is 1.03. The molecule has 0 saturated heterocycles. The maximum atomic E-state index is 10.3. The molecule has 1 unspecified atom stereocenters. The fourth-order valence-corrected chi connectivity index (χ4v) is 0.376. The van der Waals surface area contributed by atoms with Crippen molar-refractivity contribution in [3.63, 3.8) is 0 Å². The zero-order chi connectivity index (χ0) is 8.20. The minimum atomic E-state index is -1.53. The van der Waals surface area contributed by atoms with E-state index in [0.717, 1.165) is 6.42 Å². The first-order valence-electron chi connectivity index (χ1n) is 3.17. The maximum Gasteiger partial charge on any atom is 0.350 e. The van der Waals surface area contributed by atoms with Crippen molar-refractivity contribution >= 4 is 5.97 Å². The van der Waals surface area contributed by atoms with E-state index < -0.39 is 11.7 Å². The van der Waals surface area contributed by atoms with E-state index in [0.29, 0.717) is 6.61 Å². The van der Waals surface area contributed by atoms with Crippen LogP contribution in [0.15, 0.2) is 0 Å². The number of carboxylic acids is 1. The van der Waals surface area contributed by atoms with Crippen molar-refractivity contribution in [3.05, 3.63) is 0 Å². The van der Waals surface area contributed by atoms with E-state index in [2.05, 4.69) is 0 Å². The average molecular weight is 147 g/mol. The Kier molecular flexibility index (Phi) is 3.32. The molecule has 0 aliphatic rings. The molecule has 3 N–H and O–H groups in total. The predicted molar refractivity (Wildman–Crippen MR) is 36.5 cm³/mol. The topological polar surface area (TPSA) is 72.5 Å². The van der Waals surface area contributed by atoms with Crippen LogP contribution in [0.1, 0.15) is 20.3 Å². The zero-order valence-corrected chi connectivity index (χ0v) is 6.26. The zero-order valence-electron chi connectivity index (χ0n) is 6.26. The molecule has 0 bridgehead atoms. The third-order valence-electron chi connectivity index (χ3n) is 1.03. The fourth-order valence-electron chi connectivity index (χ4n) is 0.376. The van der Waals surface area contributed by atoms with E-state index in [9.17, 15) is 4.79 Å². The van der Waals surface area contributed by atoms with Crippen LogP contribution in [0.2, 0.25) is 0 Å². The Bertz CT molecular complexity index is 122. The molecule has 0 heterocycles. The molecule has 1 atom stereocenters. The van der Waals surface area contributed by atoms with Gasteiger partial charge in [-0.1, -0.05) is 6.92 Å². The second-order valence-electron chi connectivity index (χ2n) is 2.26. The molecule has 0 aliphatic heterocycles. The van der Waals surface area contributed by atoms with Gasteiger partial charge in [-0.2, -0.15) is 0 Å². The van der Waals surface area contributed by atoms with Gasteiger partial charge in [0, 0.05) is 6.61 Å². The summed E-state index contributed by atoms with van der Waals surface area (Å²) in [5, 5.41) is 8.42. The van der Waals surface area contributed by atoms with Crippen LogP contribution in [0.25, 0.3) is 0 Å². The molecule has 10 heavy (non-hydrogen) atoms. The molecule has 0 fully saturated rings. The van der Waals surface area contributed by atoms with Gasteiger partial charge in [-0.3, -0.25) is 5.73 Å². The van der Waals surface area contributed by atoms with Gasteiger partial charge in [-0.15, -0.1) is 0 Å². The van der Waals surface area contributed by atoms with Crippen molar-refractivity contribution < 1.29 is 14.6 Å². The van der Waals surface area contributed by atoms with E-state index in [-0.39, 0.29) is 0 Å². The summed E-state index contributed by atoms with van der Waals surface area (Å²) in [6.07, 6.45) is 0.764. The SMILES string of the molecule is CCCOC(C)(N)C(=O)O. The minimum absolute atomic E-state index is 0.374. The lowest BCUT2D eigenvalue weighted by molar-refractivity contribution is -0.162.